The predicted octanol–water partition coefficient (Wildman–Crippen LogP) is 3.92. The fourth-order valence-corrected chi connectivity index (χ4v) is 8.14. The number of fused-ring (bicyclic) bond motifs is 1. The number of likely N-dealkylation sites (tertiary alicyclic amines) is 1. The fraction of sp³-hybridized carbons (Fsp3) is 0.594. The number of amides is 3. The molecule has 8 nitrogen and oxygen atoms in total. The molecule has 9 heteroatoms. The van der Waals surface area contributed by atoms with E-state index in [0.717, 1.165) is 18.4 Å². The number of carbonyl (C=O) groups is 3. The third-order valence-electron chi connectivity index (χ3n) is 9.05. The van der Waals surface area contributed by atoms with Crippen molar-refractivity contribution in [2.75, 3.05) is 19.7 Å². The Kier molecular flexibility index (Phi) is 10.1. The third kappa shape index (κ3) is 5.53. The van der Waals surface area contributed by atoms with Gasteiger partial charge in [-0.2, -0.15) is 0 Å². The molecule has 3 heterocycles. The van der Waals surface area contributed by atoms with E-state index in [2.05, 4.69) is 36.0 Å². The number of aliphatic hydroxyl groups is 1. The topological polar surface area (TPSA) is 90.4 Å². The van der Waals surface area contributed by atoms with E-state index in [1.807, 2.05) is 44.2 Å². The van der Waals surface area contributed by atoms with Crippen molar-refractivity contribution in [3.63, 3.8) is 0 Å². The Morgan fingerprint density at radius 1 is 1.20 bits per heavy atom. The monoisotopic (exact) mass is 629 g/mol. The standard InChI is InChI=1S/C32H44BrN3O5/c1-6-13-21(5)35(17-8-3)31(40)28-32-18-24(33)27(41-32)25(26(32)30(39)36(28)23(9-4)20-37)29(38)34(16-7-2)19-22-14-11-10-12-15-22/h7-8,10-12,14-15,21,23-28,37H,2-3,6,9,13,16-20H2,1,4-5H3/t21?,23-,24?,25-,26-,27-,28?,32?/m0/s1. The van der Waals surface area contributed by atoms with E-state index in [1.165, 1.54) is 0 Å². The highest BCUT2D eigenvalue weighted by molar-refractivity contribution is 9.09. The van der Waals surface area contributed by atoms with Crippen LogP contribution in [0.2, 0.25) is 0 Å². The van der Waals surface area contributed by atoms with Crippen molar-refractivity contribution in [3.8, 4) is 0 Å². The smallest absolute Gasteiger partial charge is 0.248 e. The normalized spacial score (nSPS) is 29.6. The molecule has 3 aliphatic rings. The van der Waals surface area contributed by atoms with Gasteiger partial charge in [-0.3, -0.25) is 14.4 Å². The molecule has 1 spiro atoms. The van der Waals surface area contributed by atoms with Crippen molar-refractivity contribution in [1.29, 1.82) is 0 Å². The van der Waals surface area contributed by atoms with E-state index < -0.39 is 35.6 Å². The second-order valence-electron chi connectivity index (χ2n) is 11.6. The number of rotatable bonds is 14. The van der Waals surface area contributed by atoms with Gasteiger partial charge in [-0.15, -0.1) is 13.2 Å². The summed E-state index contributed by atoms with van der Waals surface area (Å²) in [6.45, 7) is 14.5. The Hall–Kier alpha value is -2.49. The maximum Gasteiger partial charge on any atom is 0.248 e. The highest BCUT2D eigenvalue weighted by Crippen LogP contribution is 2.61. The third-order valence-corrected chi connectivity index (χ3v) is 9.89. The van der Waals surface area contributed by atoms with E-state index in [4.69, 9.17) is 4.74 Å². The van der Waals surface area contributed by atoms with E-state index in [-0.39, 0.29) is 35.2 Å². The van der Waals surface area contributed by atoms with E-state index in [1.54, 1.807) is 26.9 Å². The van der Waals surface area contributed by atoms with Crippen LogP contribution in [0.3, 0.4) is 0 Å². The van der Waals surface area contributed by atoms with Gasteiger partial charge in [0.05, 0.1) is 30.6 Å². The molecule has 4 unspecified atom stereocenters. The first-order valence-electron chi connectivity index (χ1n) is 14.8. The molecule has 1 N–H and O–H groups in total. The maximum atomic E-state index is 14.5. The van der Waals surface area contributed by atoms with Crippen LogP contribution in [0.1, 0.15) is 52.0 Å². The van der Waals surface area contributed by atoms with Crippen LogP contribution >= 0.6 is 15.9 Å². The molecule has 0 aromatic heterocycles. The number of ether oxygens (including phenoxy) is 1. The molecule has 1 aromatic rings. The summed E-state index contributed by atoms with van der Waals surface area (Å²) in [7, 11) is 0. The quantitative estimate of drug-likeness (QED) is 0.249. The number of alkyl halides is 1. The zero-order valence-corrected chi connectivity index (χ0v) is 26.0. The lowest BCUT2D eigenvalue weighted by Crippen LogP contribution is -2.60. The predicted molar refractivity (Wildman–Crippen MR) is 162 cm³/mol. The number of hydrogen-bond donors (Lipinski definition) is 1. The van der Waals surface area contributed by atoms with Gasteiger partial charge in [0, 0.05) is 30.5 Å². The summed E-state index contributed by atoms with van der Waals surface area (Å²) in [4.78, 5) is 48.1. The minimum absolute atomic E-state index is 0.0724. The Morgan fingerprint density at radius 2 is 1.88 bits per heavy atom. The molecule has 1 aromatic carbocycles. The molecule has 224 valence electrons. The van der Waals surface area contributed by atoms with Gasteiger partial charge >= 0.3 is 0 Å². The van der Waals surface area contributed by atoms with Crippen molar-refractivity contribution in [2.45, 2.75) is 87.7 Å². The van der Waals surface area contributed by atoms with Crippen LogP contribution in [-0.2, 0) is 25.7 Å². The van der Waals surface area contributed by atoms with E-state index in [9.17, 15) is 19.5 Å². The first-order valence-corrected chi connectivity index (χ1v) is 15.7. The van der Waals surface area contributed by atoms with Crippen LogP contribution in [0.5, 0.6) is 0 Å². The first kappa shape index (κ1) is 31.4. The molecule has 0 radical (unpaired) electrons. The van der Waals surface area contributed by atoms with Crippen LogP contribution in [0.15, 0.2) is 55.6 Å². The Balaban J connectivity index is 1.78. The molecule has 3 aliphatic heterocycles. The average molecular weight is 631 g/mol. The van der Waals surface area contributed by atoms with Crippen LogP contribution in [-0.4, -0.2) is 91.9 Å². The molecule has 0 saturated carbocycles. The van der Waals surface area contributed by atoms with E-state index >= 15 is 0 Å². The Labute approximate surface area is 252 Å². The highest BCUT2D eigenvalue weighted by atomic mass is 79.9. The maximum absolute atomic E-state index is 14.5. The van der Waals surface area contributed by atoms with Gasteiger partial charge in [0.1, 0.15) is 11.6 Å². The second kappa shape index (κ2) is 13.2. The lowest BCUT2D eigenvalue weighted by Gasteiger charge is -2.41. The zero-order chi connectivity index (χ0) is 29.9. The van der Waals surface area contributed by atoms with Gasteiger partial charge in [-0.1, -0.05) is 78.7 Å². The zero-order valence-electron chi connectivity index (χ0n) is 24.5. The van der Waals surface area contributed by atoms with Crippen molar-refractivity contribution in [3.05, 3.63) is 61.2 Å². The van der Waals surface area contributed by atoms with Gasteiger partial charge in [0.2, 0.25) is 17.7 Å². The van der Waals surface area contributed by atoms with Gasteiger partial charge < -0.3 is 24.5 Å². The molecule has 4 rings (SSSR count). The summed E-state index contributed by atoms with van der Waals surface area (Å²) in [6, 6.07) is 8.13. The summed E-state index contributed by atoms with van der Waals surface area (Å²) in [5, 5.41) is 10.3. The minimum Gasteiger partial charge on any atom is -0.394 e. The number of hydrogen-bond acceptors (Lipinski definition) is 5. The Bertz CT molecular complexity index is 1130. The lowest BCUT2D eigenvalue weighted by atomic mass is 9.70. The van der Waals surface area contributed by atoms with E-state index in [0.29, 0.717) is 32.5 Å². The summed E-state index contributed by atoms with van der Waals surface area (Å²) in [5.74, 6) is -2.27. The molecule has 3 amide bonds. The molecular weight excluding hydrogens is 586 g/mol. The first-order chi connectivity index (χ1) is 19.7. The summed E-state index contributed by atoms with van der Waals surface area (Å²) < 4.78 is 6.71. The summed E-state index contributed by atoms with van der Waals surface area (Å²) in [6.07, 6.45) is 5.44. The molecule has 3 saturated heterocycles. The fourth-order valence-electron chi connectivity index (χ4n) is 7.20. The SMILES string of the molecule is C=CCN(Cc1ccccc1)C(=O)[C@H]1[C@H]2C(=O)N([C@@H](CC)CO)C(C(=O)N(CC=C)C(C)CCC)C23CC(Br)[C@@H]1O3. The van der Waals surface area contributed by atoms with Gasteiger partial charge in [0.25, 0.3) is 0 Å². The molecule has 41 heavy (non-hydrogen) atoms. The number of nitrogens with zero attached hydrogens (tertiary/aromatic N) is 3. The number of halogens is 1. The molecule has 8 atom stereocenters. The van der Waals surface area contributed by atoms with Gasteiger partial charge in [-0.05, 0) is 31.7 Å². The number of carbonyl (C=O) groups excluding carboxylic acids is 3. The lowest BCUT2D eigenvalue weighted by molar-refractivity contribution is -0.153. The summed E-state index contributed by atoms with van der Waals surface area (Å²) in [5.41, 5.74) is -0.200. The van der Waals surface area contributed by atoms with Crippen LogP contribution in [0.25, 0.3) is 0 Å². The van der Waals surface area contributed by atoms with Crippen molar-refractivity contribution >= 4 is 33.7 Å². The molecular formula is C32H44BrN3O5. The average Bonchev–Trinajstić information content (AvgIpc) is 3.56. The highest BCUT2D eigenvalue weighted by Gasteiger charge is 2.77. The minimum atomic E-state index is -1.17. The van der Waals surface area contributed by atoms with Crippen LogP contribution < -0.4 is 0 Å². The molecule has 2 bridgehead atoms. The number of aliphatic hydroxyl groups excluding tert-OH is 1. The van der Waals surface area contributed by atoms with Crippen molar-refractivity contribution in [1.82, 2.24) is 14.7 Å². The largest absolute Gasteiger partial charge is 0.394 e. The Morgan fingerprint density at radius 3 is 2.46 bits per heavy atom. The van der Waals surface area contributed by atoms with Gasteiger partial charge in [0.15, 0.2) is 0 Å². The summed E-state index contributed by atoms with van der Waals surface area (Å²) >= 11 is 3.76. The van der Waals surface area contributed by atoms with Crippen molar-refractivity contribution < 1.29 is 24.2 Å². The van der Waals surface area contributed by atoms with Crippen LogP contribution in [0.4, 0.5) is 0 Å². The van der Waals surface area contributed by atoms with Gasteiger partial charge in [-0.25, -0.2) is 0 Å². The number of benzene rings is 1. The van der Waals surface area contributed by atoms with Crippen LogP contribution in [0, 0.1) is 11.8 Å². The second-order valence-corrected chi connectivity index (χ2v) is 12.7. The molecule has 0 aliphatic carbocycles. The van der Waals surface area contributed by atoms with Crippen molar-refractivity contribution in [2.24, 2.45) is 11.8 Å². The molecule has 3 fully saturated rings.